The van der Waals surface area contributed by atoms with Crippen molar-refractivity contribution in [3.8, 4) is 5.75 Å². The highest BCUT2D eigenvalue weighted by Crippen LogP contribution is 2.31. The number of benzene rings is 2. The molecule has 0 bridgehead atoms. The van der Waals surface area contributed by atoms with Gasteiger partial charge in [0.1, 0.15) is 11.3 Å². The van der Waals surface area contributed by atoms with Crippen LogP contribution in [0, 0.1) is 10.1 Å². The summed E-state index contributed by atoms with van der Waals surface area (Å²) in [5, 5.41) is 13.4. The van der Waals surface area contributed by atoms with Crippen molar-refractivity contribution >= 4 is 40.1 Å². The van der Waals surface area contributed by atoms with Crippen LogP contribution in [0.5, 0.6) is 5.75 Å². The number of nitro benzene ring substituents is 1. The van der Waals surface area contributed by atoms with Crippen molar-refractivity contribution in [3.63, 3.8) is 0 Å². The first-order valence-electron chi connectivity index (χ1n) is 7.63. The molecule has 0 unspecified atom stereocenters. The Morgan fingerprint density at radius 3 is 2.81 bits per heavy atom. The highest BCUT2D eigenvalue weighted by molar-refractivity contribution is 8.00. The van der Waals surface area contributed by atoms with E-state index in [1.807, 2.05) is 18.2 Å². The van der Waals surface area contributed by atoms with Crippen LogP contribution in [0.2, 0.25) is 0 Å². The number of hydrogen-bond acceptors (Lipinski definition) is 7. The van der Waals surface area contributed by atoms with Crippen LogP contribution in [0.25, 0.3) is 11.1 Å². The van der Waals surface area contributed by atoms with Gasteiger partial charge in [-0.2, -0.15) is 0 Å². The number of rotatable bonds is 6. The van der Waals surface area contributed by atoms with Gasteiger partial charge in [-0.3, -0.25) is 14.9 Å². The lowest BCUT2D eigenvalue weighted by Gasteiger charge is -2.12. The lowest BCUT2D eigenvalue weighted by Crippen LogP contribution is -2.22. The molecule has 1 atom stereocenters. The second-order valence-corrected chi connectivity index (χ2v) is 6.63. The molecule has 0 aliphatic heterocycles. The van der Waals surface area contributed by atoms with Gasteiger partial charge in [0.05, 0.1) is 23.0 Å². The van der Waals surface area contributed by atoms with E-state index < -0.39 is 10.2 Å². The van der Waals surface area contributed by atoms with Gasteiger partial charge in [-0.25, -0.2) is 4.98 Å². The monoisotopic (exact) mass is 373 g/mol. The number of carbonyl (C=O) groups is 1. The number of amides is 1. The molecule has 1 amide bonds. The fourth-order valence-corrected chi connectivity index (χ4v) is 3.01. The average Bonchev–Trinajstić information content (AvgIpc) is 3.03. The molecule has 1 heterocycles. The third-order valence-electron chi connectivity index (χ3n) is 3.57. The smallest absolute Gasteiger partial charge is 0.271 e. The predicted molar refractivity (Wildman–Crippen MR) is 97.6 cm³/mol. The van der Waals surface area contributed by atoms with Crippen LogP contribution in [0.4, 0.5) is 11.4 Å². The molecule has 0 saturated heterocycles. The van der Waals surface area contributed by atoms with Crippen molar-refractivity contribution in [3.05, 3.63) is 52.6 Å². The second kappa shape index (κ2) is 7.44. The molecule has 26 heavy (non-hydrogen) atoms. The van der Waals surface area contributed by atoms with E-state index in [9.17, 15) is 14.9 Å². The number of para-hydroxylation sites is 2. The summed E-state index contributed by atoms with van der Waals surface area (Å²) in [6, 6.07) is 11.3. The molecule has 8 nitrogen and oxygen atoms in total. The Bertz CT molecular complexity index is 939. The number of oxazole rings is 1. The van der Waals surface area contributed by atoms with Crippen LogP contribution in [-0.2, 0) is 4.79 Å². The molecule has 1 N–H and O–H groups in total. The minimum absolute atomic E-state index is 0.139. The molecule has 0 radical (unpaired) electrons. The Balaban J connectivity index is 1.74. The van der Waals surface area contributed by atoms with Crippen LogP contribution < -0.4 is 10.1 Å². The zero-order valence-corrected chi connectivity index (χ0v) is 14.8. The molecule has 0 spiro atoms. The van der Waals surface area contributed by atoms with E-state index in [1.165, 1.54) is 25.3 Å². The maximum Gasteiger partial charge on any atom is 0.271 e. The molecule has 0 aliphatic rings. The standard InChI is InChI=1S/C17H15N3O5S/c1-10(26-17-19-12-5-3-4-6-15(12)25-17)16(21)18-13-9-11(20(22)23)7-8-14(13)24-2/h3-10H,1-2H3,(H,18,21)/t10-/m0/s1. The van der Waals surface area contributed by atoms with Gasteiger partial charge in [-0.15, -0.1) is 0 Å². The van der Waals surface area contributed by atoms with Crippen LogP contribution in [-0.4, -0.2) is 28.2 Å². The van der Waals surface area contributed by atoms with Crippen molar-refractivity contribution < 1.29 is 18.9 Å². The minimum atomic E-state index is -0.536. The number of thioether (sulfide) groups is 1. The second-order valence-electron chi connectivity index (χ2n) is 5.34. The SMILES string of the molecule is COc1ccc([N+](=O)[O-])cc1NC(=O)[C@H](C)Sc1nc2ccccc2o1. The highest BCUT2D eigenvalue weighted by atomic mass is 32.2. The van der Waals surface area contributed by atoms with Gasteiger partial charge in [0.2, 0.25) is 5.91 Å². The van der Waals surface area contributed by atoms with E-state index >= 15 is 0 Å². The van der Waals surface area contributed by atoms with Gasteiger partial charge in [-0.05, 0) is 25.1 Å². The number of non-ortho nitro benzene ring substituents is 1. The molecule has 3 aromatic rings. The Morgan fingerprint density at radius 1 is 1.35 bits per heavy atom. The van der Waals surface area contributed by atoms with Gasteiger partial charge < -0.3 is 14.5 Å². The number of nitro groups is 1. The van der Waals surface area contributed by atoms with Crippen molar-refractivity contribution in [1.29, 1.82) is 0 Å². The van der Waals surface area contributed by atoms with E-state index in [-0.39, 0.29) is 17.3 Å². The number of methoxy groups -OCH3 is 1. The maximum absolute atomic E-state index is 12.5. The topological polar surface area (TPSA) is 108 Å². The summed E-state index contributed by atoms with van der Waals surface area (Å²) in [7, 11) is 1.42. The lowest BCUT2D eigenvalue weighted by atomic mass is 10.2. The van der Waals surface area contributed by atoms with Gasteiger partial charge in [0, 0.05) is 12.1 Å². The molecule has 9 heteroatoms. The minimum Gasteiger partial charge on any atom is -0.495 e. The molecular weight excluding hydrogens is 358 g/mol. The van der Waals surface area contributed by atoms with Crippen molar-refractivity contribution in [1.82, 2.24) is 4.98 Å². The zero-order valence-electron chi connectivity index (χ0n) is 14.0. The van der Waals surface area contributed by atoms with Crippen LogP contribution in [0.15, 0.2) is 52.1 Å². The molecule has 0 aliphatic carbocycles. The fourth-order valence-electron chi connectivity index (χ4n) is 2.25. The molecule has 1 aromatic heterocycles. The first-order valence-corrected chi connectivity index (χ1v) is 8.51. The van der Waals surface area contributed by atoms with Gasteiger partial charge in [-0.1, -0.05) is 23.9 Å². The van der Waals surface area contributed by atoms with E-state index in [0.717, 1.165) is 11.8 Å². The first kappa shape index (κ1) is 17.7. The number of aromatic nitrogens is 1. The number of carbonyl (C=O) groups excluding carboxylic acids is 1. The Kier molecular flexibility index (Phi) is 5.08. The van der Waals surface area contributed by atoms with Gasteiger partial charge in [0.25, 0.3) is 10.9 Å². The van der Waals surface area contributed by atoms with Crippen LogP contribution >= 0.6 is 11.8 Å². The summed E-state index contributed by atoms with van der Waals surface area (Å²) in [4.78, 5) is 27.2. The highest BCUT2D eigenvalue weighted by Gasteiger charge is 2.20. The summed E-state index contributed by atoms with van der Waals surface area (Å²) in [5.41, 5.74) is 1.45. The number of fused-ring (bicyclic) bond motifs is 1. The molecule has 0 fully saturated rings. The van der Waals surface area contributed by atoms with Crippen LogP contribution in [0.1, 0.15) is 6.92 Å². The quantitative estimate of drug-likeness (QED) is 0.397. The Hall–Kier alpha value is -3.07. The van der Waals surface area contributed by atoms with E-state index in [2.05, 4.69) is 10.3 Å². The Labute approximate surface area is 152 Å². The Morgan fingerprint density at radius 2 is 2.12 bits per heavy atom. The van der Waals surface area contributed by atoms with Gasteiger partial charge >= 0.3 is 0 Å². The van der Waals surface area contributed by atoms with Crippen molar-refractivity contribution in [2.75, 3.05) is 12.4 Å². The van der Waals surface area contributed by atoms with Crippen molar-refractivity contribution in [2.45, 2.75) is 17.4 Å². The first-order chi connectivity index (χ1) is 12.5. The maximum atomic E-state index is 12.5. The molecule has 134 valence electrons. The number of hydrogen-bond donors (Lipinski definition) is 1. The third-order valence-corrected chi connectivity index (χ3v) is 4.52. The number of anilines is 1. The summed E-state index contributed by atoms with van der Waals surface area (Å²) < 4.78 is 10.7. The van der Waals surface area contributed by atoms with E-state index in [1.54, 1.807) is 13.0 Å². The average molecular weight is 373 g/mol. The zero-order chi connectivity index (χ0) is 18.7. The largest absolute Gasteiger partial charge is 0.495 e. The lowest BCUT2D eigenvalue weighted by molar-refractivity contribution is -0.384. The van der Waals surface area contributed by atoms with E-state index in [0.29, 0.717) is 22.1 Å². The predicted octanol–water partition coefficient (Wildman–Crippen LogP) is 3.86. The molecular formula is C17H15N3O5S. The summed E-state index contributed by atoms with van der Waals surface area (Å²) in [6.45, 7) is 1.69. The summed E-state index contributed by atoms with van der Waals surface area (Å²) >= 11 is 1.16. The van der Waals surface area contributed by atoms with Gasteiger partial charge in [0.15, 0.2) is 5.58 Å². The molecule has 0 saturated carbocycles. The molecule has 3 rings (SSSR count). The number of nitrogens with zero attached hydrogens (tertiary/aromatic N) is 2. The van der Waals surface area contributed by atoms with Crippen LogP contribution in [0.3, 0.4) is 0 Å². The number of ether oxygens (including phenoxy) is 1. The van der Waals surface area contributed by atoms with Crippen molar-refractivity contribution in [2.24, 2.45) is 0 Å². The molecule has 2 aromatic carbocycles. The normalized spacial score (nSPS) is 11.9. The summed E-state index contributed by atoms with van der Waals surface area (Å²) in [6.07, 6.45) is 0. The van der Waals surface area contributed by atoms with E-state index in [4.69, 9.17) is 9.15 Å². The third kappa shape index (κ3) is 3.77. The fraction of sp³-hybridized carbons (Fsp3) is 0.176. The summed E-state index contributed by atoms with van der Waals surface area (Å²) in [5.74, 6) is -0.0148. The number of nitrogens with one attached hydrogen (secondary N) is 1.